The molecule has 0 aliphatic rings. The van der Waals surface area contributed by atoms with Crippen molar-refractivity contribution in [2.24, 2.45) is 0 Å². The van der Waals surface area contributed by atoms with Crippen LogP contribution in [0.4, 0.5) is 0 Å². The van der Waals surface area contributed by atoms with Gasteiger partial charge in [-0.3, -0.25) is 9.59 Å². The monoisotopic (exact) mass is 285 g/mol. The Labute approximate surface area is 116 Å². The average Bonchev–Trinajstić information content (AvgIpc) is 2.34. The minimum Gasteiger partial charge on any atom is -0.383 e. The van der Waals surface area contributed by atoms with Gasteiger partial charge in [0.1, 0.15) is 11.9 Å². The number of aryl methyl sites for hydroxylation is 1. The van der Waals surface area contributed by atoms with Crippen LogP contribution in [0.25, 0.3) is 0 Å². The zero-order valence-corrected chi connectivity index (χ0v) is 11.9. The van der Waals surface area contributed by atoms with Crippen molar-refractivity contribution in [3.8, 4) is 0 Å². The number of rotatable bonds is 7. The van der Waals surface area contributed by atoms with Gasteiger partial charge in [-0.2, -0.15) is 11.8 Å². The molecule has 1 heterocycles. The van der Waals surface area contributed by atoms with Crippen molar-refractivity contribution >= 4 is 17.7 Å². The van der Waals surface area contributed by atoms with E-state index in [-0.39, 0.29) is 11.5 Å². The molecule has 0 aliphatic carbocycles. The Bertz CT molecular complexity index is 476. The molecule has 19 heavy (non-hydrogen) atoms. The van der Waals surface area contributed by atoms with Crippen molar-refractivity contribution in [1.29, 1.82) is 0 Å². The summed E-state index contributed by atoms with van der Waals surface area (Å²) >= 11 is 1.58. The number of aliphatic hydroxyl groups excluding tert-OH is 1. The summed E-state index contributed by atoms with van der Waals surface area (Å²) in [5, 5.41) is 12.2. The first-order chi connectivity index (χ1) is 9.02. The normalized spacial score (nSPS) is 12.2. The van der Waals surface area contributed by atoms with Crippen molar-refractivity contribution in [1.82, 2.24) is 15.3 Å². The summed E-state index contributed by atoms with van der Waals surface area (Å²) in [4.78, 5) is 29.4. The molecule has 1 unspecified atom stereocenters. The van der Waals surface area contributed by atoms with Crippen molar-refractivity contribution in [2.45, 2.75) is 25.9 Å². The van der Waals surface area contributed by atoms with Gasteiger partial charge < -0.3 is 15.4 Å². The van der Waals surface area contributed by atoms with E-state index in [9.17, 15) is 14.7 Å². The number of nitrogens with one attached hydrogen (secondary N) is 2. The SMILES string of the molecule is CSCCC(O)C(=O)NCCc1cc(=O)[nH]c(C)n1. The van der Waals surface area contributed by atoms with E-state index in [4.69, 9.17) is 0 Å². The van der Waals surface area contributed by atoms with Gasteiger partial charge in [0.15, 0.2) is 0 Å². The fourth-order valence-corrected chi connectivity index (χ4v) is 2.02. The van der Waals surface area contributed by atoms with Gasteiger partial charge in [-0.05, 0) is 25.4 Å². The summed E-state index contributed by atoms with van der Waals surface area (Å²) in [5.74, 6) is 0.910. The number of aliphatic hydroxyl groups is 1. The van der Waals surface area contributed by atoms with Gasteiger partial charge in [-0.1, -0.05) is 0 Å². The van der Waals surface area contributed by atoms with E-state index in [1.165, 1.54) is 6.07 Å². The molecule has 1 rings (SSSR count). The van der Waals surface area contributed by atoms with Crippen LogP contribution in [-0.2, 0) is 11.2 Å². The van der Waals surface area contributed by atoms with E-state index in [1.54, 1.807) is 18.7 Å². The quantitative estimate of drug-likeness (QED) is 0.647. The maximum absolute atomic E-state index is 11.5. The zero-order valence-electron chi connectivity index (χ0n) is 11.1. The summed E-state index contributed by atoms with van der Waals surface area (Å²) in [6.07, 6.45) is 1.86. The third-order valence-corrected chi connectivity index (χ3v) is 3.14. The minimum atomic E-state index is -0.971. The molecule has 0 aromatic carbocycles. The third kappa shape index (κ3) is 5.89. The van der Waals surface area contributed by atoms with Crippen LogP contribution < -0.4 is 10.9 Å². The van der Waals surface area contributed by atoms with Crippen LogP contribution in [0.1, 0.15) is 17.9 Å². The summed E-state index contributed by atoms with van der Waals surface area (Å²) < 4.78 is 0. The maximum Gasteiger partial charge on any atom is 0.251 e. The second-order valence-corrected chi connectivity index (χ2v) is 5.15. The molecule has 0 fully saturated rings. The Morgan fingerprint density at radius 3 is 3.00 bits per heavy atom. The number of H-pyrrole nitrogens is 1. The largest absolute Gasteiger partial charge is 0.383 e. The fourth-order valence-electron chi connectivity index (χ4n) is 1.56. The number of amides is 1. The number of carbonyl (C=O) groups excluding carboxylic acids is 1. The Morgan fingerprint density at radius 1 is 1.63 bits per heavy atom. The molecule has 1 amide bonds. The van der Waals surface area contributed by atoms with Gasteiger partial charge in [-0.15, -0.1) is 0 Å². The van der Waals surface area contributed by atoms with Crippen LogP contribution in [-0.4, -0.2) is 45.6 Å². The lowest BCUT2D eigenvalue weighted by Gasteiger charge is -2.10. The van der Waals surface area contributed by atoms with Gasteiger partial charge >= 0.3 is 0 Å². The van der Waals surface area contributed by atoms with Crippen molar-refractivity contribution in [3.63, 3.8) is 0 Å². The molecular formula is C12H19N3O3S. The van der Waals surface area contributed by atoms with Gasteiger partial charge in [0.25, 0.3) is 5.56 Å². The van der Waals surface area contributed by atoms with Crippen LogP contribution in [0.2, 0.25) is 0 Å². The topological polar surface area (TPSA) is 95.1 Å². The Balaban J connectivity index is 2.37. The number of aromatic amines is 1. The molecule has 0 saturated carbocycles. The maximum atomic E-state index is 11.5. The van der Waals surface area contributed by atoms with Crippen LogP contribution in [0.3, 0.4) is 0 Å². The van der Waals surface area contributed by atoms with Crippen molar-refractivity contribution < 1.29 is 9.90 Å². The fraction of sp³-hybridized carbons (Fsp3) is 0.583. The molecule has 0 spiro atoms. The van der Waals surface area contributed by atoms with Gasteiger partial charge in [0, 0.05) is 24.7 Å². The highest BCUT2D eigenvalue weighted by Crippen LogP contribution is 2.00. The predicted octanol–water partition coefficient (Wildman–Crippen LogP) is -0.149. The number of hydrogen-bond donors (Lipinski definition) is 3. The molecular weight excluding hydrogens is 266 g/mol. The molecule has 0 bridgehead atoms. The van der Waals surface area contributed by atoms with Gasteiger partial charge in [-0.25, -0.2) is 4.98 Å². The number of hydrogen-bond acceptors (Lipinski definition) is 5. The molecule has 7 heteroatoms. The lowest BCUT2D eigenvalue weighted by molar-refractivity contribution is -0.129. The molecule has 1 aromatic heterocycles. The van der Waals surface area contributed by atoms with Gasteiger partial charge in [0.2, 0.25) is 5.91 Å². The number of aromatic nitrogens is 2. The molecule has 1 aromatic rings. The highest BCUT2D eigenvalue weighted by atomic mass is 32.2. The standard InChI is InChI=1S/C12H19N3O3S/c1-8-14-9(7-11(17)15-8)3-5-13-12(18)10(16)4-6-19-2/h7,10,16H,3-6H2,1-2H3,(H,13,18)(H,14,15,17). The second-order valence-electron chi connectivity index (χ2n) is 4.16. The Kier molecular flexibility index (Phi) is 6.58. The first-order valence-corrected chi connectivity index (χ1v) is 7.44. The first-order valence-electron chi connectivity index (χ1n) is 6.04. The highest BCUT2D eigenvalue weighted by molar-refractivity contribution is 7.98. The minimum absolute atomic E-state index is 0.200. The summed E-state index contributed by atoms with van der Waals surface area (Å²) in [5.41, 5.74) is 0.425. The lowest BCUT2D eigenvalue weighted by Crippen LogP contribution is -2.36. The van der Waals surface area contributed by atoms with E-state index < -0.39 is 6.10 Å². The lowest BCUT2D eigenvalue weighted by atomic mass is 10.2. The molecule has 3 N–H and O–H groups in total. The average molecular weight is 285 g/mol. The summed E-state index contributed by atoms with van der Waals surface area (Å²) in [6.45, 7) is 2.06. The molecule has 6 nitrogen and oxygen atoms in total. The molecule has 0 radical (unpaired) electrons. The zero-order chi connectivity index (χ0) is 14.3. The van der Waals surface area contributed by atoms with Crippen LogP contribution >= 0.6 is 11.8 Å². The van der Waals surface area contributed by atoms with E-state index in [1.807, 2.05) is 6.26 Å². The number of nitrogens with zero attached hydrogens (tertiary/aromatic N) is 1. The Hall–Kier alpha value is -1.34. The molecule has 1 atom stereocenters. The van der Waals surface area contributed by atoms with E-state index in [2.05, 4.69) is 15.3 Å². The van der Waals surface area contributed by atoms with E-state index in [0.717, 1.165) is 5.75 Å². The summed E-state index contributed by atoms with van der Waals surface area (Å²) in [7, 11) is 0. The van der Waals surface area contributed by atoms with Crippen LogP contribution in [0, 0.1) is 6.92 Å². The summed E-state index contributed by atoms with van der Waals surface area (Å²) in [6, 6.07) is 1.41. The van der Waals surface area contributed by atoms with Gasteiger partial charge in [0.05, 0.1) is 0 Å². The highest BCUT2D eigenvalue weighted by Gasteiger charge is 2.13. The Morgan fingerprint density at radius 2 is 2.37 bits per heavy atom. The number of thioether (sulfide) groups is 1. The van der Waals surface area contributed by atoms with Crippen molar-refractivity contribution in [3.05, 3.63) is 27.9 Å². The van der Waals surface area contributed by atoms with Crippen LogP contribution in [0.15, 0.2) is 10.9 Å². The second kappa shape index (κ2) is 7.96. The molecule has 0 aliphatic heterocycles. The van der Waals surface area contributed by atoms with E-state index >= 15 is 0 Å². The van der Waals surface area contributed by atoms with Crippen LogP contribution in [0.5, 0.6) is 0 Å². The smallest absolute Gasteiger partial charge is 0.251 e. The third-order valence-electron chi connectivity index (χ3n) is 2.49. The molecule has 106 valence electrons. The van der Waals surface area contributed by atoms with Crippen molar-refractivity contribution in [2.75, 3.05) is 18.6 Å². The number of carbonyl (C=O) groups is 1. The first kappa shape index (κ1) is 15.7. The molecule has 0 saturated heterocycles. The van der Waals surface area contributed by atoms with E-state index in [0.29, 0.717) is 30.9 Å². The predicted molar refractivity (Wildman–Crippen MR) is 75.3 cm³/mol.